The van der Waals surface area contributed by atoms with Crippen LogP contribution in [0.15, 0.2) is 4.99 Å². The maximum absolute atomic E-state index is 4.81. The SMILES string of the molecule is CCNC(=NCC1CN(C)CCN1C)NCCCCCCC(C)C. The van der Waals surface area contributed by atoms with Crippen molar-refractivity contribution in [3.63, 3.8) is 0 Å². The van der Waals surface area contributed by atoms with Crippen molar-refractivity contribution in [3.05, 3.63) is 0 Å². The van der Waals surface area contributed by atoms with E-state index >= 15 is 0 Å². The van der Waals surface area contributed by atoms with Crippen LogP contribution in [0.1, 0.15) is 52.9 Å². The van der Waals surface area contributed by atoms with Crippen LogP contribution in [-0.2, 0) is 0 Å². The number of nitrogens with zero attached hydrogens (tertiary/aromatic N) is 3. The summed E-state index contributed by atoms with van der Waals surface area (Å²) in [6.45, 7) is 12.9. The van der Waals surface area contributed by atoms with E-state index in [2.05, 4.69) is 55.3 Å². The van der Waals surface area contributed by atoms with Gasteiger partial charge in [-0.1, -0.05) is 39.5 Å². The van der Waals surface area contributed by atoms with E-state index in [1.165, 1.54) is 32.1 Å². The van der Waals surface area contributed by atoms with Crippen LogP contribution in [0.5, 0.6) is 0 Å². The van der Waals surface area contributed by atoms with Gasteiger partial charge in [0.2, 0.25) is 0 Å². The minimum atomic E-state index is 0.523. The number of hydrogen-bond acceptors (Lipinski definition) is 3. The van der Waals surface area contributed by atoms with Crippen LogP contribution in [0.3, 0.4) is 0 Å². The number of nitrogens with one attached hydrogen (secondary N) is 2. The van der Waals surface area contributed by atoms with Gasteiger partial charge < -0.3 is 15.5 Å². The van der Waals surface area contributed by atoms with Crippen LogP contribution in [0, 0.1) is 5.92 Å². The molecule has 0 spiro atoms. The molecular weight excluding hydrogens is 298 g/mol. The zero-order valence-electron chi connectivity index (χ0n) is 16.8. The minimum absolute atomic E-state index is 0.523. The summed E-state index contributed by atoms with van der Waals surface area (Å²) < 4.78 is 0. The molecule has 1 heterocycles. The molecule has 0 saturated carbocycles. The van der Waals surface area contributed by atoms with Gasteiger partial charge >= 0.3 is 0 Å². The fraction of sp³-hybridized carbons (Fsp3) is 0.947. The monoisotopic (exact) mass is 339 g/mol. The molecule has 0 aromatic carbocycles. The second-order valence-corrected chi connectivity index (χ2v) is 7.64. The first-order valence-electron chi connectivity index (χ1n) is 9.93. The van der Waals surface area contributed by atoms with Crippen molar-refractivity contribution in [3.8, 4) is 0 Å². The molecule has 1 atom stereocenters. The Labute approximate surface area is 150 Å². The van der Waals surface area contributed by atoms with Gasteiger partial charge in [0.1, 0.15) is 0 Å². The van der Waals surface area contributed by atoms with Crippen molar-refractivity contribution in [2.45, 2.75) is 58.9 Å². The summed E-state index contributed by atoms with van der Waals surface area (Å²) in [7, 11) is 4.41. The van der Waals surface area contributed by atoms with E-state index in [1.54, 1.807) is 0 Å². The smallest absolute Gasteiger partial charge is 0.191 e. The molecule has 1 aliphatic heterocycles. The Morgan fingerprint density at radius 1 is 1.08 bits per heavy atom. The zero-order chi connectivity index (χ0) is 17.8. The summed E-state index contributed by atoms with van der Waals surface area (Å²) in [5.74, 6) is 1.81. The van der Waals surface area contributed by atoms with Crippen LogP contribution in [-0.4, -0.2) is 75.2 Å². The largest absolute Gasteiger partial charge is 0.357 e. The number of piperazine rings is 1. The number of likely N-dealkylation sites (N-methyl/N-ethyl adjacent to an activating group) is 2. The van der Waals surface area contributed by atoms with Gasteiger partial charge in [-0.3, -0.25) is 9.89 Å². The molecule has 0 amide bonds. The van der Waals surface area contributed by atoms with Gasteiger partial charge in [-0.25, -0.2) is 0 Å². The second kappa shape index (κ2) is 12.5. The Morgan fingerprint density at radius 2 is 1.83 bits per heavy atom. The van der Waals surface area contributed by atoms with E-state index in [-0.39, 0.29) is 0 Å². The van der Waals surface area contributed by atoms with Gasteiger partial charge in [-0.05, 0) is 33.4 Å². The van der Waals surface area contributed by atoms with E-state index in [9.17, 15) is 0 Å². The molecule has 142 valence electrons. The fourth-order valence-corrected chi connectivity index (χ4v) is 3.07. The maximum Gasteiger partial charge on any atom is 0.191 e. The summed E-state index contributed by atoms with van der Waals surface area (Å²) in [5.41, 5.74) is 0. The summed E-state index contributed by atoms with van der Waals surface area (Å²) in [6, 6.07) is 0.523. The summed E-state index contributed by atoms with van der Waals surface area (Å²) in [5, 5.41) is 6.86. The van der Waals surface area contributed by atoms with E-state index in [0.717, 1.165) is 51.1 Å². The molecule has 1 rings (SSSR count). The molecule has 0 bridgehead atoms. The van der Waals surface area contributed by atoms with E-state index < -0.39 is 0 Å². The van der Waals surface area contributed by atoms with Gasteiger partial charge in [-0.15, -0.1) is 0 Å². The Hall–Kier alpha value is -0.810. The van der Waals surface area contributed by atoms with Crippen molar-refractivity contribution in [1.29, 1.82) is 0 Å². The molecule has 24 heavy (non-hydrogen) atoms. The van der Waals surface area contributed by atoms with Crippen LogP contribution >= 0.6 is 0 Å². The summed E-state index contributed by atoms with van der Waals surface area (Å²) in [6.07, 6.45) is 6.63. The lowest BCUT2D eigenvalue weighted by molar-refractivity contribution is 0.119. The summed E-state index contributed by atoms with van der Waals surface area (Å²) in [4.78, 5) is 9.64. The van der Waals surface area contributed by atoms with E-state index in [0.29, 0.717) is 6.04 Å². The lowest BCUT2D eigenvalue weighted by atomic mass is 10.0. The second-order valence-electron chi connectivity index (χ2n) is 7.64. The molecule has 0 aromatic rings. The molecule has 0 aromatic heterocycles. The Kier molecular flexibility index (Phi) is 11.1. The average Bonchev–Trinajstić information content (AvgIpc) is 2.54. The van der Waals surface area contributed by atoms with Gasteiger partial charge in [0.25, 0.3) is 0 Å². The third kappa shape index (κ3) is 9.48. The normalized spacial score (nSPS) is 20.6. The molecular formula is C19H41N5. The summed E-state index contributed by atoms with van der Waals surface area (Å²) >= 11 is 0. The van der Waals surface area contributed by atoms with Crippen molar-refractivity contribution in [2.24, 2.45) is 10.9 Å². The fourth-order valence-electron chi connectivity index (χ4n) is 3.07. The minimum Gasteiger partial charge on any atom is -0.357 e. The predicted molar refractivity (Wildman–Crippen MR) is 106 cm³/mol. The third-order valence-electron chi connectivity index (χ3n) is 4.79. The van der Waals surface area contributed by atoms with Crippen LogP contribution in [0.4, 0.5) is 0 Å². The van der Waals surface area contributed by atoms with Gasteiger partial charge in [0, 0.05) is 38.8 Å². The predicted octanol–water partition coefficient (Wildman–Crippen LogP) is 2.39. The Bertz CT molecular complexity index is 343. The van der Waals surface area contributed by atoms with E-state index in [1.807, 2.05) is 0 Å². The number of unbranched alkanes of at least 4 members (excludes halogenated alkanes) is 3. The topological polar surface area (TPSA) is 42.9 Å². The molecule has 1 fully saturated rings. The number of aliphatic imine (C=N–C) groups is 1. The molecule has 5 heteroatoms. The van der Waals surface area contributed by atoms with Crippen molar-refractivity contribution in [2.75, 3.05) is 53.4 Å². The number of rotatable bonds is 10. The van der Waals surface area contributed by atoms with Crippen molar-refractivity contribution in [1.82, 2.24) is 20.4 Å². The van der Waals surface area contributed by atoms with E-state index in [4.69, 9.17) is 4.99 Å². The highest BCUT2D eigenvalue weighted by Gasteiger charge is 2.21. The molecule has 0 aliphatic carbocycles. The van der Waals surface area contributed by atoms with Crippen LogP contribution in [0.25, 0.3) is 0 Å². The lowest BCUT2D eigenvalue weighted by Gasteiger charge is -2.36. The standard InChI is InChI=1S/C19H41N5/c1-6-20-19(21-12-10-8-7-9-11-17(2)3)22-15-18-16-23(4)13-14-24(18)5/h17-18H,6-16H2,1-5H3,(H2,20,21,22). The maximum atomic E-state index is 4.81. The Balaban J connectivity index is 2.24. The highest BCUT2D eigenvalue weighted by molar-refractivity contribution is 5.79. The van der Waals surface area contributed by atoms with Crippen molar-refractivity contribution >= 4 is 5.96 Å². The zero-order valence-corrected chi connectivity index (χ0v) is 16.8. The van der Waals surface area contributed by atoms with Gasteiger partial charge in [0.05, 0.1) is 6.54 Å². The molecule has 5 nitrogen and oxygen atoms in total. The van der Waals surface area contributed by atoms with Gasteiger partial charge in [0.15, 0.2) is 5.96 Å². The first-order chi connectivity index (χ1) is 11.5. The number of hydrogen-bond donors (Lipinski definition) is 2. The average molecular weight is 340 g/mol. The first kappa shape index (κ1) is 21.2. The third-order valence-corrected chi connectivity index (χ3v) is 4.79. The molecule has 2 N–H and O–H groups in total. The molecule has 1 aliphatic rings. The molecule has 1 saturated heterocycles. The van der Waals surface area contributed by atoms with Gasteiger partial charge in [-0.2, -0.15) is 0 Å². The quantitative estimate of drug-likeness (QED) is 0.364. The van der Waals surface area contributed by atoms with Crippen molar-refractivity contribution < 1.29 is 0 Å². The highest BCUT2D eigenvalue weighted by atomic mass is 15.3. The molecule has 0 radical (unpaired) electrons. The first-order valence-corrected chi connectivity index (χ1v) is 9.93. The van der Waals surface area contributed by atoms with Crippen LogP contribution < -0.4 is 10.6 Å². The lowest BCUT2D eigenvalue weighted by Crippen LogP contribution is -2.51. The number of guanidine groups is 1. The van der Waals surface area contributed by atoms with Crippen LogP contribution in [0.2, 0.25) is 0 Å². The highest BCUT2D eigenvalue weighted by Crippen LogP contribution is 2.09. The Morgan fingerprint density at radius 3 is 2.54 bits per heavy atom. The molecule has 1 unspecified atom stereocenters.